The second kappa shape index (κ2) is 3.84. The van der Waals surface area contributed by atoms with Gasteiger partial charge in [-0.15, -0.1) is 0 Å². The number of fused-ring (bicyclic) bond motifs is 1. The molecule has 78 valence electrons. The Hall–Kier alpha value is -0.460. The molecule has 15 heavy (non-hydrogen) atoms. The van der Waals surface area contributed by atoms with E-state index in [0.29, 0.717) is 10.2 Å². The van der Waals surface area contributed by atoms with Crippen molar-refractivity contribution in [2.24, 2.45) is 7.05 Å². The summed E-state index contributed by atoms with van der Waals surface area (Å²) in [5, 5.41) is 0.604. The first-order valence-corrected chi connectivity index (χ1v) is 6.08. The van der Waals surface area contributed by atoms with Gasteiger partial charge in [0.05, 0.1) is 10.9 Å². The zero-order chi connectivity index (χ0) is 11.2. The van der Waals surface area contributed by atoms with Crippen LogP contribution >= 0.6 is 44.1 Å². The van der Waals surface area contributed by atoms with Gasteiger partial charge in [-0.2, -0.15) is 0 Å². The average Bonchev–Trinajstić information content (AvgIpc) is 2.17. The maximum absolute atomic E-state index is 11.9. The number of H-pyrrole nitrogens is 1. The minimum absolute atomic E-state index is 0.101. The molecule has 3 nitrogen and oxygen atoms in total. The zero-order valence-corrected chi connectivity index (χ0v) is 11.7. The summed E-state index contributed by atoms with van der Waals surface area (Å²) in [7, 11) is 1.65. The fraction of sp³-hybridized carbons (Fsp3) is 0.111. The molecule has 1 heterocycles. The van der Waals surface area contributed by atoms with Gasteiger partial charge in [-0.3, -0.25) is 9.36 Å². The van der Waals surface area contributed by atoms with Crippen LogP contribution in [-0.4, -0.2) is 9.55 Å². The highest BCUT2D eigenvalue weighted by Crippen LogP contribution is 2.24. The predicted octanol–water partition coefficient (Wildman–Crippen LogP) is 3.12. The molecule has 0 fully saturated rings. The number of nitrogens with zero attached hydrogens (tertiary/aromatic N) is 1. The summed E-state index contributed by atoms with van der Waals surface area (Å²) in [4.78, 5) is 14.9. The standard InChI is InChI=1S/C9H6Br2N2OS/c1-13-8(14)5-2-4(10)3-6(11)7(5)12-9(13)15/h2-3H,1H3,(H,12,15). The van der Waals surface area contributed by atoms with E-state index in [-0.39, 0.29) is 5.56 Å². The van der Waals surface area contributed by atoms with Crippen LogP contribution in [0.15, 0.2) is 25.9 Å². The first kappa shape index (κ1) is 11.0. The van der Waals surface area contributed by atoms with E-state index in [1.165, 1.54) is 4.57 Å². The Labute approximate surface area is 107 Å². The zero-order valence-electron chi connectivity index (χ0n) is 7.67. The van der Waals surface area contributed by atoms with Crippen LogP contribution in [0.3, 0.4) is 0 Å². The maximum Gasteiger partial charge on any atom is 0.261 e. The van der Waals surface area contributed by atoms with E-state index < -0.39 is 0 Å². The van der Waals surface area contributed by atoms with Gasteiger partial charge in [0.1, 0.15) is 0 Å². The molecule has 1 aromatic carbocycles. The van der Waals surface area contributed by atoms with Gasteiger partial charge in [-0.1, -0.05) is 15.9 Å². The fourth-order valence-electron chi connectivity index (χ4n) is 1.33. The Morgan fingerprint density at radius 3 is 2.73 bits per heavy atom. The number of hydrogen-bond donors (Lipinski definition) is 1. The smallest absolute Gasteiger partial charge is 0.261 e. The Bertz CT molecular complexity index is 659. The maximum atomic E-state index is 11.9. The van der Waals surface area contributed by atoms with Crippen LogP contribution in [0.25, 0.3) is 10.9 Å². The van der Waals surface area contributed by atoms with Crippen molar-refractivity contribution in [1.29, 1.82) is 0 Å². The molecule has 0 saturated carbocycles. The van der Waals surface area contributed by atoms with Gasteiger partial charge < -0.3 is 4.98 Å². The lowest BCUT2D eigenvalue weighted by Crippen LogP contribution is -2.18. The summed E-state index contributed by atoms with van der Waals surface area (Å²) in [5.74, 6) is 0. The molecule has 1 N–H and O–H groups in total. The Balaban J connectivity index is 3.13. The summed E-state index contributed by atoms with van der Waals surface area (Å²) >= 11 is 11.8. The van der Waals surface area contributed by atoms with Crippen molar-refractivity contribution in [3.63, 3.8) is 0 Å². The summed E-state index contributed by atoms with van der Waals surface area (Å²) in [6.45, 7) is 0. The average molecular weight is 350 g/mol. The van der Waals surface area contributed by atoms with E-state index in [4.69, 9.17) is 12.2 Å². The number of aromatic nitrogens is 2. The Morgan fingerprint density at radius 1 is 1.40 bits per heavy atom. The van der Waals surface area contributed by atoms with Crippen molar-refractivity contribution >= 4 is 55.0 Å². The molecule has 0 radical (unpaired) electrons. The summed E-state index contributed by atoms with van der Waals surface area (Å²) in [6.07, 6.45) is 0. The Kier molecular flexibility index (Phi) is 2.83. The van der Waals surface area contributed by atoms with Gasteiger partial charge in [0, 0.05) is 16.0 Å². The minimum atomic E-state index is -0.101. The van der Waals surface area contributed by atoms with Crippen LogP contribution in [0.5, 0.6) is 0 Å². The van der Waals surface area contributed by atoms with E-state index in [0.717, 1.165) is 14.5 Å². The molecule has 0 spiro atoms. The first-order valence-electron chi connectivity index (χ1n) is 4.09. The molecule has 0 aliphatic rings. The summed E-state index contributed by atoms with van der Waals surface area (Å²) in [6, 6.07) is 3.64. The number of rotatable bonds is 0. The third-order valence-electron chi connectivity index (χ3n) is 2.13. The van der Waals surface area contributed by atoms with Crippen molar-refractivity contribution < 1.29 is 0 Å². The molecule has 0 bridgehead atoms. The van der Waals surface area contributed by atoms with Gasteiger partial charge in [-0.05, 0) is 40.3 Å². The second-order valence-corrected chi connectivity index (χ2v) is 5.26. The van der Waals surface area contributed by atoms with Crippen LogP contribution in [-0.2, 0) is 7.05 Å². The van der Waals surface area contributed by atoms with Gasteiger partial charge in [0.2, 0.25) is 0 Å². The molecule has 2 aromatic rings. The molecule has 2 rings (SSSR count). The number of halogens is 2. The highest BCUT2D eigenvalue weighted by atomic mass is 79.9. The van der Waals surface area contributed by atoms with E-state index in [1.807, 2.05) is 6.07 Å². The Morgan fingerprint density at radius 2 is 2.07 bits per heavy atom. The highest BCUT2D eigenvalue weighted by molar-refractivity contribution is 9.11. The van der Waals surface area contributed by atoms with Crippen LogP contribution in [0.4, 0.5) is 0 Å². The lowest BCUT2D eigenvalue weighted by atomic mass is 10.2. The monoisotopic (exact) mass is 348 g/mol. The molecule has 6 heteroatoms. The van der Waals surface area contributed by atoms with E-state index in [2.05, 4.69) is 36.8 Å². The van der Waals surface area contributed by atoms with Gasteiger partial charge in [0.15, 0.2) is 4.77 Å². The third-order valence-corrected chi connectivity index (χ3v) is 3.59. The normalized spacial score (nSPS) is 10.9. The largest absolute Gasteiger partial charge is 0.331 e. The van der Waals surface area contributed by atoms with Crippen molar-refractivity contribution in [3.05, 3.63) is 36.2 Å². The third kappa shape index (κ3) is 1.81. The number of nitrogens with one attached hydrogen (secondary N) is 1. The lowest BCUT2D eigenvalue weighted by molar-refractivity contribution is 0.824. The van der Waals surface area contributed by atoms with Crippen LogP contribution in [0.2, 0.25) is 0 Å². The fourth-order valence-corrected chi connectivity index (χ4v) is 2.84. The molecule has 1 aromatic heterocycles. The van der Waals surface area contributed by atoms with Gasteiger partial charge >= 0.3 is 0 Å². The van der Waals surface area contributed by atoms with Gasteiger partial charge in [0.25, 0.3) is 5.56 Å². The topological polar surface area (TPSA) is 37.8 Å². The number of benzene rings is 1. The molecule has 0 unspecified atom stereocenters. The first-order chi connectivity index (χ1) is 7.00. The molecule has 0 aliphatic heterocycles. The van der Waals surface area contributed by atoms with Crippen LogP contribution < -0.4 is 5.56 Å². The number of hydrogen-bond acceptors (Lipinski definition) is 2. The van der Waals surface area contributed by atoms with E-state index >= 15 is 0 Å². The molecule has 0 amide bonds. The van der Waals surface area contributed by atoms with Gasteiger partial charge in [-0.25, -0.2) is 0 Å². The predicted molar refractivity (Wildman–Crippen MR) is 69.8 cm³/mol. The summed E-state index contributed by atoms with van der Waals surface area (Å²) < 4.78 is 3.49. The second-order valence-electron chi connectivity index (χ2n) is 3.10. The molecule has 0 aliphatic carbocycles. The van der Waals surface area contributed by atoms with Crippen molar-refractivity contribution in [2.45, 2.75) is 0 Å². The number of aromatic amines is 1. The molecule has 0 saturated heterocycles. The molecular formula is C9H6Br2N2OS. The lowest BCUT2D eigenvalue weighted by Gasteiger charge is -2.04. The quantitative estimate of drug-likeness (QED) is 0.742. The van der Waals surface area contributed by atoms with Crippen molar-refractivity contribution in [1.82, 2.24) is 9.55 Å². The van der Waals surface area contributed by atoms with Crippen LogP contribution in [0, 0.1) is 4.77 Å². The minimum Gasteiger partial charge on any atom is -0.331 e. The molecular weight excluding hydrogens is 344 g/mol. The van der Waals surface area contributed by atoms with Crippen LogP contribution in [0.1, 0.15) is 0 Å². The highest BCUT2D eigenvalue weighted by Gasteiger charge is 2.06. The van der Waals surface area contributed by atoms with E-state index in [9.17, 15) is 4.79 Å². The van der Waals surface area contributed by atoms with Crippen molar-refractivity contribution in [2.75, 3.05) is 0 Å². The molecule has 0 atom stereocenters. The SMILES string of the molecule is Cn1c(=S)[nH]c2c(Br)cc(Br)cc2c1=O. The van der Waals surface area contributed by atoms with E-state index in [1.54, 1.807) is 13.1 Å². The summed E-state index contributed by atoms with van der Waals surface area (Å²) in [5.41, 5.74) is 0.627. The van der Waals surface area contributed by atoms with Crippen molar-refractivity contribution in [3.8, 4) is 0 Å².